The molecule has 2 heterocycles. The Bertz CT molecular complexity index is 335. The molecule has 1 saturated heterocycles. The molecule has 5 heteroatoms. The van der Waals surface area contributed by atoms with Gasteiger partial charge in [0.15, 0.2) is 0 Å². The zero-order valence-corrected chi connectivity index (χ0v) is 9.15. The maximum Gasteiger partial charge on any atom is 0.253 e. The predicted octanol–water partition coefficient (Wildman–Crippen LogP) is -0.326. The summed E-state index contributed by atoms with van der Waals surface area (Å²) in [6, 6.07) is 3.53. The fourth-order valence-electron chi connectivity index (χ4n) is 1.65. The molecule has 0 atom stereocenters. The van der Waals surface area contributed by atoms with Gasteiger partial charge >= 0.3 is 0 Å². The minimum absolute atomic E-state index is 0.0633. The lowest BCUT2D eigenvalue weighted by Gasteiger charge is -2.27. The zero-order chi connectivity index (χ0) is 11.2. The van der Waals surface area contributed by atoms with Gasteiger partial charge in [-0.3, -0.25) is 14.7 Å². The van der Waals surface area contributed by atoms with Gasteiger partial charge in [-0.15, -0.1) is 0 Å². The molecule has 1 aromatic rings. The van der Waals surface area contributed by atoms with E-state index in [2.05, 4.69) is 20.5 Å². The number of hydrogen-bond donors (Lipinski definition) is 2. The monoisotopic (exact) mass is 220 g/mol. The van der Waals surface area contributed by atoms with Crippen molar-refractivity contribution in [1.82, 2.24) is 20.5 Å². The Morgan fingerprint density at radius 3 is 3.00 bits per heavy atom. The van der Waals surface area contributed by atoms with E-state index in [0.717, 1.165) is 26.2 Å². The van der Waals surface area contributed by atoms with Crippen LogP contribution in [0.15, 0.2) is 24.5 Å². The second-order valence-electron chi connectivity index (χ2n) is 3.77. The van der Waals surface area contributed by atoms with Crippen LogP contribution in [0.5, 0.6) is 0 Å². The number of aromatic nitrogens is 1. The van der Waals surface area contributed by atoms with E-state index in [9.17, 15) is 4.79 Å². The van der Waals surface area contributed by atoms with Gasteiger partial charge in [0.25, 0.3) is 5.91 Å². The average molecular weight is 220 g/mol. The number of carbonyl (C=O) groups is 1. The van der Waals surface area contributed by atoms with Gasteiger partial charge in [0.05, 0.1) is 12.2 Å². The molecular formula is C11H16N4O. The van der Waals surface area contributed by atoms with Gasteiger partial charge in [-0.2, -0.15) is 0 Å². The van der Waals surface area contributed by atoms with Crippen molar-refractivity contribution in [3.8, 4) is 0 Å². The molecule has 0 aromatic carbocycles. The van der Waals surface area contributed by atoms with E-state index in [4.69, 9.17) is 0 Å². The summed E-state index contributed by atoms with van der Waals surface area (Å²) < 4.78 is 0. The number of hydrogen-bond acceptors (Lipinski definition) is 4. The van der Waals surface area contributed by atoms with Crippen LogP contribution in [0.1, 0.15) is 10.4 Å². The molecule has 5 nitrogen and oxygen atoms in total. The maximum absolute atomic E-state index is 11.7. The molecule has 0 saturated carbocycles. The SMILES string of the molecule is O=C(NCN1CCNCC1)c1cccnc1. The molecule has 1 fully saturated rings. The summed E-state index contributed by atoms with van der Waals surface area (Å²) in [5.41, 5.74) is 0.609. The van der Waals surface area contributed by atoms with Crippen molar-refractivity contribution in [3.63, 3.8) is 0 Å². The topological polar surface area (TPSA) is 57.3 Å². The van der Waals surface area contributed by atoms with E-state index < -0.39 is 0 Å². The average Bonchev–Trinajstić information content (AvgIpc) is 2.38. The van der Waals surface area contributed by atoms with Crippen molar-refractivity contribution in [3.05, 3.63) is 30.1 Å². The Hall–Kier alpha value is -1.46. The van der Waals surface area contributed by atoms with Gasteiger partial charge in [0.1, 0.15) is 0 Å². The number of nitrogens with one attached hydrogen (secondary N) is 2. The van der Waals surface area contributed by atoms with Crippen LogP contribution in [-0.4, -0.2) is 48.6 Å². The van der Waals surface area contributed by atoms with Crippen molar-refractivity contribution in [1.29, 1.82) is 0 Å². The zero-order valence-electron chi connectivity index (χ0n) is 9.15. The van der Waals surface area contributed by atoms with E-state index in [0.29, 0.717) is 12.2 Å². The number of piperazine rings is 1. The molecule has 1 amide bonds. The Kier molecular flexibility index (Phi) is 3.85. The highest BCUT2D eigenvalue weighted by Crippen LogP contribution is 1.96. The summed E-state index contributed by atoms with van der Waals surface area (Å²) in [7, 11) is 0. The first-order valence-corrected chi connectivity index (χ1v) is 5.47. The molecule has 0 unspecified atom stereocenters. The minimum Gasteiger partial charge on any atom is -0.339 e. The molecular weight excluding hydrogens is 204 g/mol. The highest BCUT2D eigenvalue weighted by atomic mass is 16.1. The first kappa shape index (κ1) is 11.0. The molecule has 0 bridgehead atoms. The van der Waals surface area contributed by atoms with Crippen LogP contribution in [0, 0.1) is 0 Å². The first-order valence-electron chi connectivity index (χ1n) is 5.47. The van der Waals surface area contributed by atoms with Crippen LogP contribution in [0.25, 0.3) is 0 Å². The van der Waals surface area contributed by atoms with E-state index in [1.54, 1.807) is 24.5 Å². The maximum atomic E-state index is 11.7. The molecule has 2 N–H and O–H groups in total. The van der Waals surface area contributed by atoms with Crippen LogP contribution in [-0.2, 0) is 0 Å². The van der Waals surface area contributed by atoms with Crippen molar-refractivity contribution in [2.45, 2.75) is 0 Å². The third-order valence-corrected chi connectivity index (χ3v) is 2.60. The Morgan fingerprint density at radius 2 is 2.31 bits per heavy atom. The van der Waals surface area contributed by atoms with Gasteiger partial charge in [0, 0.05) is 38.6 Å². The summed E-state index contributed by atoms with van der Waals surface area (Å²) in [6.07, 6.45) is 3.24. The van der Waals surface area contributed by atoms with Crippen LogP contribution in [0.2, 0.25) is 0 Å². The molecule has 1 aromatic heterocycles. The van der Waals surface area contributed by atoms with E-state index in [-0.39, 0.29) is 5.91 Å². The first-order chi connectivity index (χ1) is 7.86. The lowest BCUT2D eigenvalue weighted by atomic mass is 10.3. The second kappa shape index (κ2) is 5.58. The van der Waals surface area contributed by atoms with Gasteiger partial charge in [0.2, 0.25) is 0 Å². The number of amides is 1. The number of carbonyl (C=O) groups excluding carboxylic acids is 1. The van der Waals surface area contributed by atoms with Gasteiger partial charge in [-0.1, -0.05) is 0 Å². The van der Waals surface area contributed by atoms with Crippen LogP contribution in [0.4, 0.5) is 0 Å². The Balaban J connectivity index is 1.79. The van der Waals surface area contributed by atoms with Crippen LogP contribution < -0.4 is 10.6 Å². The lowest BCUT2D eigenvalue weighted by Crippen LogP contribution is -2.48. The summed E-state index contributed by atoms with van der Waals surface area (Å²) in [5, 5.41) is 6.16. The van der Waals surface area contributed by atoms with E-state index in [1.807, 2.05) is 0 Å². The number of pyridine rings is 1. The molecule has 16 heavy (non-hydrogen) atoms. The standard InChI is InChI=1S/C11H16N4O/c16-11(10-2-1-3-13-8-10)14-9-15-6-4-12-5-7-15/h1-3,8,12H,4-7,9H2,(H,14,16). The molecule has 0 spiro atoms. The van der Waals surface area contributed by atoms with Crippen molar-refractivity contribution in [2.75, 3.05) is 32.8 Å². The fourth-order valence-corrected chi connectivity index (χ4v) is 1.65. The second-order valence-corrected chi connectivity index (χ2v) is 3.77. The quantitative estimate of drug-likeness (QED) is 0.732. The minimum atomic E-state index is -0.0633. The van der Waals surface area contributed by atoms with Gasteiger partial charge < -0.3 is 10.6 Å². The molecule has 0 aliphatic carbocycles. The summed E-state index contributed by atoms with van der Waals surface area (Å²) >= 11 is 0. The molecule has 2 rings (SSSR count). The lowest BCUT2D eigenvalue weighted by molar-refractivity contribution is 0.0917. The van der Waals surface area contributed by atoms with E-state index >= 15 is 0 Å². The molecule has 0 radical (unpaired) electrons. The Morgan fingerprint density at radius 1 is 1.50 bits per heavy atom. The molecule has 1 aliphatic rings. The third-order valence-electron chi connectivity index (χ3n) is 2.60. The normalized spacial score (nSPS) is 17.0. The number of nitrogens with zero attached hydrogens (tertiary/aromatic N) is 2. The van der Waals surface area contributed by atoms with Crippen LogP contribution >= 0.6 is 0 Å². The summed E-state index contributed by atoms with van der Waals surface area (Å²) in [4.78, 5) is 17.8. The van der Waals surface area contributed by atoms with Crippen molar-refractivity contribution in [2.24, 2.45) is 0 Å². The van der Waals surface area contributed by atoms with Crippen LogP contribution in [0.3, 0.4) is 0 Å². The van der Waals surface area contributed by atoms with Crippen molar-refractivity contribution < 1.29 is 4.79 Å². The Labute approximate surface area is 94.9 Å². The highest BCUT2D eigenvalue weighted by molar-refractivity contribution is 5.93. The highest BCUT2D eigenvalue weighted by Gasteiger charge is 2.11. The van der Waals surface area contributed by atoms with E-state index in [1.165, 1.54) is 0 Å². The van der Waals surface area contributed by atoms with Gasteiger partial charge in [-0.25, -0.2) is 0 Å². The molecule has 1 aliphatic heterocycles. The van der Waals surface area contributed by atoms with Crippen molar-refractivity contribution >= 4 is 5.91 Å². The summed E-state index contributed by atoms with van der Waals surface area (Å²) in [6.45, 7) is 4.54. The molecule has 86 valence electrons. The largest absolute Gasteiger partial charge is 0.339 e. The smallest absolute Gasteiger partial charge is 0.253 e. The fraction of sp³-hybridized carbons (Fsp3) is 0.455. The summed E-state index contributed by atoms with van der Waals surface area (Å²) in [5.74, 6) is -0.0633. The predicted molar refractivity (Wildman–Crippen MR) is 61.0 cm³/mol. The van der Waals surface area contributed by atoms with Gasteiger partial charge in [-0.05, 0) is 12.1 Å². The third kappa shape index (κ3) is 3.01. The number of rotatable bonds is 3.